The number of nitrogens with one attached hydrogen (secondary N) is 1. The fourth-order valence-electron chi connectivity index (χ4n) is 2.65. The van der Waals surface area contributed by atoms with Gasteiger partial charge < -0.3 is 15.0 Å². The Labute approximate surface area is 172 Å². The molecule has 0 bridgehead atoms. The quantitative estimate of drug-likeness (QED) is 0.620. The molecule has 1 heterocycles. The van der Waals surface area contributed by atoms with E-state index < -0.39 is 12.1 Å². The Morgan fingerprint density at radius 2 is 1.76 bits per heavy atom. The summed E-state index contributed by atoms with van der Waals surface area (Å²) in [5, 5.41) is 4.56. The summed E-state index contributed by atoms with van der Waals surface area (Å²) in [6, 6.07) is 19.0. The molecule has 0 fully saturated rings. The van der Waals surface area contributed by atoms with E-state index in [9.17, 15) is 14.4 Å². The van der Waals surface area contributed by atoms with Gasteiger partial charge in [0.1, 0.15) is 0 Å². The summed E-state index contributed by atoms with van der Waals surface area (Å²) in [7, 11) is 1.63. The van der Waals surface area contributed by atoms with Crippen LogP contribution in [0.1, 0.15) is 27.0 Å². The van der Waals surface area contributed by atoms with Gasteiger partial charge >= 0.3 is 5.97 Å². The molecule has 0 unspecified atom stereocenters. The van der Waals surface area contributed by atoms with Crippen molar-refractivity contribution in [3.8, 4) is 0 Å². The highest BCUT2D eigenvalue weighted by Gasteiger charge is 2.23. The Morgan fingerprint density at radius 1 is 1.00 bits per heavy atom. The number of thiophene rings is 1. The van der Waals surface area contributed by atoms with E-state index in [4.69, 9.17) is 4.74 Å². The molecule has 29 heavy (non-hydrogen) atoms. The van der Waals surface area contributed by atoms with Crippen molar-refractivity contribution in [3.63, 3.8) is 0 Å². The van der Waals surface area contributed by atoms with E-state index in [1.807, 2.05) is 23.6 Å². The minimum atomic E-state index is -0.961. The Kier molecular flexibility index (Phi) is 6.41. The number of nitrogens with zero attached hydrogens (tertiary/aromatic N) is 1. The van der Waals surface area contributed by atoms with E-state index in [0.717, 1.165) is 0 Å². The van der Waals surface area contributed by atoms with Crippen molar-refractivity contribution in [3.05, 3.63) is 82.6 Å². The number of amides is 2. The Balaban J connectivity index is 1.64. The van der Waals surface area contributed by atoms with Crippen LogP contribution >= 0.6 is 11.3 Å². The summed E-state index contributed by atoms with van der Waals surface area (Å²) < 4.78 is 5.33. The molecular weight excluding hydrogens is 388 g/mol. The summed E-state index contributed by atoms with van der Waals surface area (Å²) in [6.07, 6.45) is -0.961. The predicted octanol–water partition coefficient (Wildman–Crippen LogP) is 4.21. The van der Waals surface area contributed by atoms with Gasteiger partial charge in [0.05, 0.1) is 10.4 Å². The molecule has 0 aliphatic rings. The molecular formula is C22H20N2O4S. The average Bonchev–Trinajstić information content (AvgIpc) is 3.28. The van der Waals surface area contributed by atoms with Crippen molar-refractivity contribution in [2.45, 2.75) is 13.0 Å². The first kappa shape index (κ1) is 20.3. The summed E-state index contributed by atoms with van der Waals surface area (Å²) in [4.78, 5) is 39.2. The van der Waals surface area contributed by atoms with Crippen molar-refractivity contribution < 1.29 is 19.1 Å². The Hall–Kier alpha value is -3.45. The van der Waals surface area contributed by atoms with Gasteiger partial charge in [-0.2, -0.15) is 0 Å². The summed E-state index contributed by atoms with van der Waals surface area (Å²) in [5.74, 6) is -1.23. The van der Waals surface area contributed by atoms with Crippen molar-refractivity contribution in [2.75, 3.05) is 17.3 Å². The first-order chi connectivity index (χ1) is 14.0. The largest absolute Gasteiger partial charge is 0.449 e. The predicted molar refractivity (Wildman–Crippen MR) is 113 cm³/mol. The molecule has 0 radical (unpaired) electrons. The molecule has 1 atom stereocenters. The number of likely N-dealkylation sites (N-methyl/N-ethyl adjacent to an activating group) is 1. The standard InChI is InChI=1S/C22H20N2O4S/c1-15(21(26)24(2)18-10-4-3-5-11-18)28-22(27)16-8-6-9-17(14-16)23-20(25)19-12-7-13-29-19/h3-15H,1-2H3,(H,23,25)/t15-/m1/s1. The topological polar surface area (TPSA) is 75.7 Å². The van der Waals surface area contributed by atoms with Gasteiger partial charge in [-0.3, -0.25) is 9.59 Å². The van der Waals surface area contributed by atoms with Crippen LogP contribution in [0, 0.1) is 0 Å². The van der Waals surface area contributed by atoms with E-state index in [2.05, 4.69) is 5.32 Å². The molecule has 0 spiro atoms. The molecule has 1 N–H and O–H groups in total. The molecule has 6 nitrogen and oxygen atoms in total. The minimum Gasteiger partial charge on any atom is -0.449 e. The van der Waals surface area contributed by atoms with Crippen LogP contribution in [0.3, 0.4) is 0 Å². The number of carbonyl (C=O) groups excluding carboxylic acids is 3. The second-order valence-electron chi connectivity index (χ2n) is 6.29. The lowest BCUT2D eigenvalue weighted by molar-refractivity contribution is -0.126. The summed E-state index contributed by atoms with van der Waals surface area (Å²) in [5.41, 5.74) is 1.42. The highest BCUT2D eigenvalue weighted by Crippen LogP contribution is 2.17. The smallest absolute Gasteiger partial charge is 0.338 e. The summed E-state index contributed by atoms with van der Waals surface area (Å²) in [6.45, 7) is 1.53. The lowest BCUT2D eigenvalue weighted by Gasteiger charge is -2.21. The number of benzene rings is 2. The molecule has 3 aromatic rings. The fourth-order valence-corrected chi connectivity index (χ4v) is 3.27. The molecule has 3 rings (SSSR count). The number of ether oxygens (including phenoxy) is 1. The van der Waals surface area contributed by atoms with Gasteiger partial charge in [-0.05, 0) is 48.7 Å². The first-order valence-electron chi connectivity index (χ1n) is 8.94. The van der Waals surface area contributed by atoms with Crippen LogP contribution in [0.25, 0.3) is 0 Å². The molecule has 0 aliphatic heterocycles. The van der Waals surface area contributed by atoms with Crippen molar-refractivity contribution in [1.82, 2.24) is 0 Å². The number of para-hydroxylation sites is 1. The first-order valence-corrected chi connectivity index (χ1v) is 9.82. The minimum absolute atomic E-state index is 0.246. The molecule has 0 saturated heterocycles. The third kappa shape index (κ3) is 5.08. The van der Waals surface area contributed by atoms with E-state index >= 15 is 0 Å². The van der Waals surface area contributed by atoms with Crippen LogP contribution in [-0.2, 0) is 9.53 Å². The molecule has 2 amide bonds. The number of hydrogen-bond acceptors (Lipinski definition) is 5. The van der Waals surface area contributed by atoms with Crippen LogP contribution in [0.15, 0.2) is 72.1 Å². The van der Waals surface area contributed by atoms with E-state index in [0.29, 0.717) is 16.3 Å². The zero-order valence-electron chi connectivity index (χ0n) is 16.0. The van der Waals surface area contributed by atoms with E-state index in [-0.39, 0.29) is 17.4 Å². The molecule has 0 saturated carbocycles. The maximum Gasteiger partial charge on any atom is 0.338 e. The Bertz CT molecular complexity index is 1000. The third-order valence-electron chi connectivity index (χ3n) is 4.21. The maximum absolute atomic E-state index is 12.5. The monoisotopic (exact) mass is 408 g/mol. The zero-order valence-corrected chi connectivity index (χ0v) is 16.8. The number of rotatable bonds is 6. The lowest BCUT2D eigenvalue weighted by Crippen LogP contribution is -2.37. The van der Waals surface area contributed by atoms with Crippen LogP contribution in [-0.4, -0.2) is 30.9 Å². The van der Waals surface area contributed by atoms with Gasteiger partial charge in [-0.15, -0.1) is 11.3 Å². The van der Waals surface area contributed by atoms with Crippen LogP contribution in [0.5, 0.6) is 0 Å². The SMILES string of the molecule is C[C@@H](OC(=O)c1cccc(NC(=O)c2cccs2)c1)C(=O)N(C)c1ccccc1. The highest BCUT2D eigenvalue weighted by molar-refractivity contribution is 7.12. The zero-order chi connectivity index (χ0) is 20.8. The average molecular weight is 408 g/mol. The second kappa shape index (κ2) is 9.16. The van der Waals surface area contributed by atoms with Gasteiger partial charge in [0.15, 0.2) is 6.10 Å². The van der Waals surface area contributed by atoms with Crippen LogP contribution in [0.4, 0.5) is 11.4 Å². The molecule has 2 aromatic carbocycles. The van der Waals surface area contributed by atoms with Crippen molar-refractivity contribution in [2.24, 2.45) is 0 Å². The Morgan fingerprint density at radius 3 is 2.45 bits per heavy atom. The maximum atomic E-state index is 12.5. The van der Waals surface area contributed by atoms with Gasteiger partial charge in [0, 0.05) is 18.4 Å². The third-order valence-corrected chi connectivity index (χ3v) is 5.08. The van der Waals surface area contributed by atoms with E-state index in [1.165, 1.54) is 29.2 Å². The van der Waals surface area contributed by atoms with Gasteiger partial charge in [0.2, 0.25) is 0 Å². The van der Waals surface area contributed by atoms with Crippen molar-refractivity contribution >= 4 is 40.5 Å². The number of esters is 1. The number of anilines is 2. The molecule has 7 heteroatoms. The van der Waals surface area contributed by atoms with E-state index in [1.54, 1.807) is 49.5 Å². The normalized spacial score (nSPS) is 11.4. The number of hydrogen-bond donors (Lipinski definition) is 1. The second-order valence-corrected chi connectivity index (χ2v) is 7.24. The number of carbonyl (C=O) groups is 3. The van der Waals surface area contributed by atoms with Crippen LogP contribution < -0.4 is 10.2 Å². The summed E-state index contributed by atoms with van der Waals surface area (Å²) >= 11 is 1.33. The van der Waals surface area contributed by atoms with Gasteiger partial charge in [-0.1, -0.05) is 30.3 Å². The van der Waals surface area contributed by atoms with Crippen molar-refractivity contribution in [1.29, 1.82) is 0 Å². The fraction of sp³-hybridized carbons (Fsp3) is 0.136. The highest BCUT2D eigenvalue weighted by atomic mass is 32.1. The molecule has 1 aromatic heterocycles. The van der Waals surface area contributed by atoms with Gasteiger partial charge in [-0.25, -0.2) is 4.79 Å². The lowest BCUT2D eigenvalue weighted by atomic mass is 10.2. The van der Waals surface area contributed by atoms with Crippen LogP contribution in [0.2, 0.25) is 0 Å². The van der Waals surface area contributed by atoms with Gasteiger partial charge in [0.25, 0.3) is 11.8 Å². The molecule has 0 aliphatic carbocycles. The molecule has 148 valence electrons.